The smallest absolute Gasteiger partial charge is 0.326 e. The van der Waals surface area contributed by atoms with Gasteiger partial charge >= 0.3 is 5.97 Å². The molecule has 0 spiro atoms. The van der Waals surface area contributed by atoms with Gasteiger partial charge in [-0.25, -0.2) is 4.79 Å². The Kier molecular flexibility index (Phi) is 4.45. The van der Waals surface area contributed by atoms with Crippen LogP contribution in [0.3, 0.4) is 0 Å². The van der Waals surface area contributed by atoms with E-state index in [0.717, 1.165) is 19.5 Å². The van der Waals surface area contributed by atoms with Gasteiger partial charge in [0.2, 0.25) is 5.91 Å². The van der Waals surface area contributed by atoms with E-state index in [1.165, 1.54) is 6.42 Å². The van der Waals surface area contributed by atoms with Gasteiger partial charge in [-0.3, -0.25) is 9.69 Å². The number of hydrogen-bond acceptors (Lipinski definition) is 3. The zero-order valence-corrected chi connectivity index (χ0v) is 11.8. The van der Waals surface area contributed by atoms with Gasteiger partial charge in [-0.1, -0.05) is 13.8 Å². The number of hydrogen-bond donors (Lipinski definition) is 1. The predicted octanol–water partition coefficient (Wildman–Crippen LogP) is 1.04. The van der Waals surface area contributed by atoms with Gasteiger partial charge in [0.15, 0.2) is 0 Å². The van der Waals surface area contributed by atoms with Crippen molar-refractivity contribution in [1.29, 1.82) is 0 Å². The number of carboxylic acids is 1. The molecule has 2 aliphatic rings. The summed E-state index contributed by atoms with van der Waals surface area (Å²) in [5.41, 5.74) is 0. The molecule has 0 aromatic heterocycles. The van der Waals surface area contributed by atoms with Crippen LogP contribution in [0.4, 0.5) is 0 Å². The van der Waals surface area contributed by atoms with E-state index in [9.17, 15) is 9.59 Å². The Bertz CT molecular complexity index is 349. The van der Waals surface area contributed by atoms with Gasteiger partial charge in [-0.15, -0.1) is 0 Å². The van der Waals surface area contributed by atoms with E-state index in [-0.39, 0.29) is 5.91 Å². The highest BCUT2D eigenvalue weighted by atomic mass is 16.4. The zero-order valence-electron chi connectivity index (χ0n) is 11.8. The van der Waals surface area contributed by atoms with Gasteiger partial charge in [0.05, 0.1) is 6.54 Å². The lowest BCUT2D eigenvalue weighted by Crippen LogP contribution is -2.48. The molecular formula is C14H24N2O3. The van der Waals surface area contributed by atoms with Crippen molar-refractivity contribution in [1.82, 2.24) is 9.80 Å². The van der Waals surface area contributed by atoms with E-state index in [0.29, 0.717) is 31.3 Å². The number of likely N-dealkylation sites (tertiary alicyclic amines) is 2. The van der Waals surface area contributed by atoms with E-state index < -0.39 is 12.0 Å². The zero-order chi connectivity index (χ0) is 14.0. The highest BCUT2D eigenvalue weighted by Crippen LogP contribution is 2.22. The average Bonchev–Trinajstić information content (AvgIpc) is 2.75. The van der Waals surface area contributed by atoms with E-state index in [4.69, 9.17) is 5.11 Å². The molecule has 2 fully saturated rings. The first-order valence-electron chi connectivity index (χ1n) is 7.22. The highest BCUT2D eigenvalue weighted by Gasteiger charge is 2.35. The number of aliphatic carboxylic acids is 1. The molecule has 2 aliphatic heterocycles. The second-order valence-electron chi connectivity index (χ2n) is 6.22. The number of piperidine rings is 1. The average molecular weight is 268 g/mol. The van der Waals surface area contributed by atoms with Crippen molar-refractivity contribution in [2.75, 3.05) is 26.2 Å². The Labute approximate surface area is 114 Å². The summed E-state index contributed by atoms with van der Waals surface area (Å²) in [6.07, 6.45) is 2.61. The molecule has 2 rings (SSSR count). The van der Waals surface area contributed by atoms with Crippen LogP contribution < -0.4 is 0 Å². The van der Waals surface area contributed by atoms with Gasteiger partial charge in [-0.2, -0.15) is 0 Å². The maximum absolute atomic E-state index is 12.3. The summed E-state index contributed by atoms with van der Waals surface area (Å²) in [5.74, 6) is 0.341. The van der Waals surface area contributed by atoms with Crippen LogP contribution in [0.25, 0.3) is 0 Å². The van der Waals surface area contributed by atoms with E-state index in [2.05, 4.69) is 18.7 Å². The Morgan fingerprint density at radius 3 is 2.42 bits per heavy atom. The lowest BCUT2D eigenvalue weighted by molar-refractivity contribution is -0.148. The molecular weight excluding hydrogens is 244 g/mol. The maximum Gasteiger partial charge on any atom is 0.326 e. The number of rotatable bonds is 3. The monoisotopic (exact) mass is 268 g/mol. The number of amides is 1. The number of carbonyl (C=O) groups is 2. The van der Waals surface area contributed by atoms with Gasteiger partial charge < -0.3 is 10.0 Å². The summed E-state index contributed by atoms with van der Waals surface area (Å²) in [5, 5.41) is 9.12. The predicted molar refractivity (Wildman–Crippen MR) is 71.8 cm³/mol. The Hall–Kier alpha value is -1.10. The fraction of sp³-hybridized carbons (Fsp3) is 0.857. The van der Waals surface area contributed by atoms with Crippen LogP contribution in [-0.4, -0.2) is 59.0 Å². The molecule has 0 aliphatic carbocycles. The first-order chi connectivity index (χ1) is 8.97. The Morgan fingerprint density at radius 2 is 1.84 bits per heavy atom. The molecule has 1 N–H and O–H groups in total. The van der Waals surface area contributed by atoms with Crippen molar-refractivity contribution in [3.05, 3.63) is 0 Å². The molecule has 0 bridgehead atoms. The first kappa shape index (κ1) is 14.3. The Balaban J connectivity index is 1.91. The van der Waals surface area contributed by atoms with Gasteiger partial charge in [0.25, 0.3) is 0 Å². The molecule has 2 heterocycles. The maximum atomic E-state index is 12.3. The molecule has 5 heteroatoms. The summed E-state index contributed by atoms with van der Waals surface area (Å²) in [6, 6.07) is -0.605. The SMILES string of the molecule is CC1CC(C)CN(CC(=O)N2CCCC2C(=O)O)C1. The van der Waals surface area contributed by atoms with Crippen LogP contribution in [-0.2, 0) is 9.59 Å². The first-order valence-corrected chi connectivity index (χ1v) is 7.22. The second kappa shape index (κ2) is 5.90. The van der Waals surface area contributed by atoms with E-state index in [1.807, 2.05) is 0 Å². The molecule has 3 unspecified atom stereocenters. The normalized spacial score (nSPS) is 32.5. The molecule has 0 aromatic rings. The molecule has 0 saturated carbocycles. The lowest BCUT2D eigenvalue weighted by Gasteiger charge is -2.35. The Morgan fingerprint density at radius 1 is 1.21 bits per heavy atom. The van der Waals surface area contributed by atoms with Crippen LogP contribution in [0.1, 0.15) is 33.1 Å². The van der Waals surface area contributed by atoms with Crippen molar-refractivity contribution < 1.29 is 14.7 Å². The van der Waals surface area contributed by atoms with Crippen LogP contribution in [0.5, 0.6) is 0 Å². The summed E-state index contributed by atoms with van der Waals surface area (Å²) in [4.78, 5) is 27.1. The van der Waals surface area contributed by atoms with E-state index in [1.54, 1.807) is 4.90 Å². The molecule has 19 heavy (non-hydrogen) atoms. The van der Waals surface area contributed by atoms with E-state index >= 15 is 0 Å². The van der Waals surface area contributed by atoms with Crippen LogP contribution in [0.2, 0.25) is 0 Å². The minimum Gasteiger partial charge on any atom is -0.480 e. The largest absolute Gasteiger partial charge is 0.480 e. The van der Waals surface area contributed by atoms with Crippen molar-refractivity contribution in [2.24, 2.45) is 11.8 Å². The summed E-state index contributed by atoms with van der Waals surface area (Å²) < 4.78 is 0. The molecule has 2 saturated heterocycles. The molecule has 3 atom stereocenters. The molecule has 0 radical (unpaired) electrons. The molecule has 0 aromatic carbocycles. The van der Waals surface area contributed by atoms with Gasteiger partial charge in [-0.05, 0) is 31.1 Å². The third-order valence-electron chi connectivity index (χ3n) is 4.16. The minimum absolute atomic E-state index is 0.0220. The van der Waals surface area contributed by atoms with Crippen LogP contribution in [0.15, 0.2) is 0 Å². The summed E-state index contributed by atoms with van der Waals surface area (Å²) >= 11 is 0. The standard InChI is InChI=1S/C14H24N2O3/c1-10-6-11(2)8-15(7-10)9-13(17)16-5-3-4-12(16)14(18)19/h10-12H,3-9H2,1-2H3,(H,18,19). The minimum atomic E-state index is -0.869. The van der Waals surface area contributed by atoms with Gasteiger partial charge in [0.1, 0.15) is 6.04 Å². The van der Waals surface area contributed by atoms with Crippen molar-refractivity contribution in [3.63, 3.8) is 0 Å². The summed E-state index contributed by atoms with van der Waals surface area (Å²) in [6.45, 7) is 7.28. The number of carboxylic acid groups (broad SMARTS) is 1. The van der Waals surface area contributed by atoms with Crippen molar-refractivity contribution in [2.45, 2.75) is 39.2 Å². The topological polar surface area (TPSA) is 60.9 Å². The molecule has 5 nitrogen and oxygen atoms in total. The van der Waals surface area contributed by atoms with Crippen LogP contribution >= 0.6 is 0 Å². The number of carbonyl (C=O) groups excluding carboxylic acids is 1. The number of nitrogens with zero attached hydrogens (tertiary/aromatic N) is 2. The van der Waals surface area contributed by atoms with Crippen LogP contribution in [0, 0.1) is 11.8 Å². The fourth-order valence-electron chi connectivity index (χ4n) is 3.53. The fourth-order valence-corrected chi connectivity index (χ4v) is 3.53. The molecule has 1 amide bonds. The van der Waals surface area contributed by atoms with Crippen molar-refractivity contribution in [3.8, 4) is 0 Å². The van der Waals surface area contributed by atoms with Crippen molar-refractivity contribution >= 4 is 11.9 Å². The lowest BCUT2D eigenvalue weighted by atomic mass is 9.92. The highest BCUT2D eigenvalue weighted by molar-refractivity contribution is 5.85. The van der Waals surface area contributed by atoms with Gasteiger partial charge in [0, 0.05) is 19.6 Å². The summed E-state index contributed by atoms with van der Waals surface area (Å²) in [7, 11) is 0. The third-order valence-corrected chi connectivity index (χ3v) is 4.16. The molecule has 108 valence electrons. The second-order valence-corrected chi connectivity index (χ2v) is 6.22. The quantitative estimate of drug-likeness (QED) is 0.831. The third kappa shape index (κ3) is 3.47.